The standard InChI is InChI=1S/C10H13F2N/c1-7-5-9(11)10(12)6-8(7)3-2-4-13/h5-6H,2-4,13H2,1H3. The Morgan fingerprint density at radius 2 is 1.85 bits per heavy atom. The van der Waals surface area contributed by atoms with Crippen molar-refractivity contribution < 1.29 is 8.78 Å². The van der Waals surface area contributed by atoms with Gasteiger partial charge in [0, 0.05) is 0 Å². The van der Waals surface area contributed by atoms with Gasteiger partial charge in [-0.3, -0.25) is 0 Å². The van der Waals surface area contributed by atoms with Gasteiger partial charge in [-0.1, -0.05) is 0 Å². The molecule has 72 valence electrons. The van der Waals surface area contributed by atoms with Crippen LogP contribution in [0.15, 0.2) is 12.1 Å². The van der Waals surface area contributed by atoms with Gasteiger partial charge in [0.15, 0.2) is 11.6 Å². The average molecular weight is 185 g/mol. The van der Waals surface area contributed by atoms with Crippen molar-refractivity contribution in [3.63, 3.8) is 0 Å². The molecule has 1 aromatic rings. The minimum Gasteiger partial charge on any atom is -0.330 e. The van der Waals surface area contributed by atoms with Gasteiger partial charge in [-0.2, -0.15) is 0 Å². The highest BCUT2D eigenvalue weighted by Gasteiger charge is 2.05. The van der Waals surface area contributed by atoms with E-state index in [9.17, 15) is 8.78 Å². The third-order valence-corrected chi connectivity index (χ3v) is 2.03. The zero-order valence-electron chi connectivity index (χ0n) is 7.61. The van der Waals surface area contributed by atoms with Crippen LogP contribution in [0.4, 0.5) is 8.78 Å². The lowest BCUT2D eigenvalue weighted by molar-refractivity contribution is 0.505. The van der Waals surface area contributed by atoms with Crippen LogP contribution in [-0.2, 0) is 6.42 Å². The van der Waals surface area contributed by atoms with Gasteiger partial charge in [0.2, 0.25) is 0 Å². The first-order valence-corrected chi connectivity index (χ1v) is 4.29. The number of benzene rings is 1. The zero-order valence-corrected chi connectivity index (χ0v) is 7.61. The van der Waals surface area contributed by atoms with Gasteiger partial charge in [0.25, 0.3) is 0 Å². The molecule has 3 heteroatoms. The van der Waals surface area contributed by atoms with Crippen LogP contribution in [0.1, 0.15) is 17.5 Å². The average Bonchev–Trinajstić information content (AvgIpc) is 2.09. The molecule has 0 bridgehead atoms. The molecule has 0 fully saturated rings. The smallest absolute Gasteiger partial charge is 0.159 e. The predicted molar refractivity (Wildman–Crippen MR) is 48.5 cm³/mol. The van der Waals surface area contributed by atoms with E-state index in [4.69, 9.17) is 5.73 Å². The summed E-state index contributed by atoms with van der Waals surface area (Å²) in [7, 11) is 0. The molecule has 0 spiro atoms. The van der Waals surface area contributed by atoms with Crippen molar-refractivity contribution in [3.05, 3.63) is 34.9 Å². The molecule has 0 amide bonds. The SMILES string of the molecule is Cc1cc(F)c(F)cc1CCCN. The van der Waals surface area contributed by atoms with Crippen molar-refractivity contribution in [1.29, 1.82) is 0 Å². The Bertz CT molecular complexity index is 297. The lowest BCUT2D eigenvalue weighted by atomic mass is 10.0. The van der Waals surface area contributed by atoms with Crippen molar-refractivity contribution in [3.8, 4) is 0 Å². The van der Waals surface area contributed by atoms with Gasteiger partial charge in [-0.15, -0.1) is 0 Å². The minimum absolute atomic E-state index is 0.568. The van der Waals surface area contributed by atoms with Crippen LogP contribution in [0.25, 0.3) is 0 Å². The van der Waals surface area contributed by atoms with Crippen LogP contribution in [0.3, 0.4) is 0 Å². The molecule has 1 nitrogen and oxygen atoms in total. The molecule has 0 radical (unpaired) electrons. The zero-order chi connectivity index (χ0) is 9.84. The van der Waals surface area contributed by atoms with Gasteiger partial charge in [0.05, 0.1) is 0 Å². The van der Waals surface area contributed by atoms with E-state index in [-0.39, 0.29) is 0 Å². The number of hydrogen-bond acceptors (Lipinski definition) is 1. The van der Waals surface area contributed by atoms with E-state index in [0.29, 0.717) is 13.0 Å². The third-order valence-electron chi connectivity index (χ3n) is 2.03. The van der Waals surface area contributed by atoms with E-state index in [0.717, 1.165) is 17.5 Å². The molecule has 0 aliphatic carbocycles. The fourth-order valence-corrected chi connectivity index (χ4v) is 1.25. The lowest BCUT2D eigenvalue weighted by Gasteiger charge is -2.05. The molecular weight excluding hydrogens is 172 g/mol. The Labute approximate surface area is 76.6 Å². The van der Waals surface area contributed by atoms with Crippen LogP contribution in [0.5, 0.6) is 0 Å². The number of nitrogens with two attached hydrogens (primary N) is 1. The second-order valence-corrected chi connectivity index (χ2v) is 3.09. The number of aryl methyl sites for hydroxylation is 2. The monoisotopic (exact) mass is 185 g/mol. The summed E-state index contributed by atoms with van der Waals surface area (Å²) in [5.41, 5.74) is 6.95. The summed E-state index contributed by atoms with van der Waals surface area (Å²) in [6, 6.07) is 2.47. The fourth-order valence-electron chi connectivity index (χ4n) is 1.25. The molecule has 1 aromatic carbocycles. The van der Waals surface area contributed by atoms with Crippen LogP contribution < -0.4 is 5.73 Å². The van der Waals surface area contributed by atoms with Crippen molar-refractivity contribution in [2.45, 2.75) is 19.8 Å². The number of hydrogen-bond donors (Lipinski definition) is 1. The van der Waals surface area contributed by atoms with Gasteiger partial charge in [-0.05, 0) is 49.6 Å². The highest BCUT2D eigenvalue weighted by atomic mass is 19.2. The quantitative estimate of drug-likeness (QED) is 0.767. The summed E-state index contributed by atoms with van der Waals surface area (Å²) < 4.78 is 25.5. The lowest BCUT2D eigenvalue weighted by Crippen LogP contribution is -2.02. The summed E-state index contributed by atoms with van der Waals surface area (Å²) in [4.78, 5) is 0. The molecule has 0 saturated carbocycles. The first-order chi connectivity index (χ1) is 6.15. The Morgan fingerprint density at radius 1 is 1.23 bits per heavy atom. The first-order valence-electron chi connectivity index (χ1n) is 4.29. The van der Waals surface area contributed by atoms with Crippen molar-refractivity contribution in [2.75, 3.05) is 6.54 Å². The highest BCUT2D eigenvalue weighted by molar-refractivity contribution is 5.27. The van der Waals surface area contributed by atoms with E-state index < -0.39 is 11.6 Å². The first kappa shape index (κ1) is 10.1. The molecule has 0 atom stereocenters. The van der Waals surface area contributed by atoms with Gasteiger partial charge in [-0.25, -0.2) is 8.78 Å². The van der Waals surface area contributed by atoms with E-state index in [1.54, 1.807) is 6.92 Å². The van der Waals surface area contributed by atoms with Crippen molar-refractivity contribution >= 4 is 0 Å². The molecule has 0 aliphatic heterocycles. The third kappa shape index (κ3) is 2.49. The molecule has 0 heterocycles. The van der Waals surface area contributed by atoms with Crippen LogP contribution >= 0.6 is 0 Å². The summed E-state index contributed by atoms with van der Waals surface area (Å²) in [5.74, 6) is -1.56. The van der Waals surface area contributed by atoms with Gasteiger partial charge >= 0.3 is 0 Å². The molecule has 2 N–H and O–H groups in total. The van der Waals surface area contributed by atoms with Crippen LogP contribution in [-0.4, -0.2) is 6.54 Å². The Morgan fingerprint density at radius 3 is 2.46 bits per heavy atom. The Hall–Kier alpha value is -0.960. The largest absolute Gasteiger partial charge is 0.330 e. The molecule has 0 saturated heterocycles. The van der Waals surface area contributed by atoms with Crippen molar-refractivity contribution in [1.82, 2.24) is 0 Å². The molecule has 1 rings (SSSR count). The maximum absolute atomic E-state index is 12.8. The van der Waals surface area contributed by atoms with Crippen LogP contribution in [0.2, 0.25) is 0 Å². The second-order valence-electron chi connectivity index (χ2n) is 3.09. The molecule has 0 unspecified atom stereocenters. The Balaban J connectivity index is 2.88. The van der Waals surface area contributed by atoms with Crippen LogP contribution in [0, 0.1) is 18.6 Å². The Kier molecular flexibility index (Phi) is 3.37. The van der Waals surface area contributed by atoms with Gasteiger partial charge < -0.3 is 5.73 Å². The van der Waals surface area contributed by atoms with E-state index in [1.165, 1.54) is 12.1 Å². The van der Waals surface area contributed by atoms with E-state index in [2.05, 4.69) is 0 Å². The van der Waals surface area contributed by atoms with E-state index in [1.807, 2.05) is 0 Å². The molecule has 13 heavy (non-hydrogen) atoms. The molecular formula is C10H13F2N. The summed E-state index contributed by atoms with van der Waals surface area (Å²) >= 11 is 0. The summed E-state index contributed by atoms with van der Waals surface area (Å²) in [6.07, 6.45) is 1.51. The van der Waals surface area contributed by atoms with Crippen molar-refractivity contribution in [2.24, 2.45) is 5.73 Å². The fraction of sp³-hybridized carbons (Fsp3) is 0.400. The predicted octanol–water partition coefficient (Wildman–Crippen LogP) is 2.16. The number of halogens is 2. The summed E-state index contributed by atoms with van der Waals surface area (Å²) in [5, 5.41) is 0. The number of rotatable bonds is 3. The topological polar surface area (TPSA) is 26.0 Å². The highest BCUT2D eigenvalue weighted by Crippen LogP contribution is 2.15. The molecule has 0 aromatic heterocycles. The molecule has 0 aliphatic rings. The minimum atomic E-state index is -0.783. The normalized spacial score (nSPS) is 10.5. The van der Waals surface area contributed by atoms with Gasteiger partial charge in [0.1, 0.15) is 0 Å². The second kappa shape index (κ2) is 4.33. The van der Waals surface area contributed by atoms with E-state index >= 15 is 0 Å². The maximum atomic E-state index is 12.8. The summed E-state index contributed by atoms with van der Waals surface area (Å²) in [6.45, 7) is 2.34. The maximum Gasteiger partial charge on any atom is 0.159 e.